The highest BCUT2D eigenvalue weighted by Gasteiger charge is 2.16. The first-order valence-electron chi connectivity index (χ1n) is 11.3. The Morgan fingerprint density at radius 3 is 2.29 bits per heavy atom. The van der Waals surface area contributed by atoms with E-state index in [1.807, 2.05) is 97.9 Å². The van der Waals surface area contributed by atoms with E-state index in [4.69, 9.17) is 4.42 Å². The number of fused-ring (bicyclic) bond motifs is 1. The molecule has 1 amide bonds. The lowest BCUT2D eigenvalue weighted by molar-refractivity contribution is 0.102. The molecule has 35 heavy (non-hydrogen) atoms. The Morgan fingerprint density at radius 1 is 0.857 bits per heavy atom. The fourth-order valence-electron chi connectivity index (χ4n) is 3.87. The first kappa shape index (κ1) is 22.2. The summed E-state index contributed by atoms with van der Waals surface area (Å²) >= 11 is 0. The second-order valence-electron chi connectivity index (χ2n) is 8.39. The quantitative estimate of drug-likeness (QED) is 0.309. The minimum atomic E-state index is -0.220. The summed E-state index contributed by atoms with van der Waals surface area (Å²) in [5.41, 5.74) is 3.79. The molecular weight excluding hydrogens is 438 g/mol. The van der Waals surface area contributed by atoms with Crippen molar-refractivity contribution in [2.24, 2.45) is 0 Å². The highest BCUT2D eigenvalue weighted by Crippen LogP contribution is 2.27. The predicted octanol–water partition coefficient (Wildman–Crippen LogP) is 6.26. The van der Waals surface area contributed by atoms with Crippen molar-refractivity contribution in [1.29, 1.82) is 0 Å². The number of hydrogen-bond donors (Lipinski definition) is 2. The maximum atomic E-state index is 12.9. The third-order valence-corrected chi connectivity index (χ3v) is 5.63. The van der Waals surface area contributed by atoms with Crippen molar-refractivity contribution in [1.82, 2.24) is 9.97 Å². The largest absolute Gasteiger partial charge is 0.461 e. The highest BCUT2D eigenvalue weighted by atomic mass is 16.3. The van der Waals surface area contributed by atoms with Gasteiger partial charge >= 0.3 is 0 Å². The first-order valence-corrected chi connectivity index (χ1v) is 11.3. The van der Waals surface area contributed by atoms with Crippen LogP contribution in [0.25, 0.3) is 22.2 Å². The van der Waals surface area contributed by atoms with E-state index < -0.39 is 0 Å². The van der Waals surface area contributed by atoms with Crippen LogP contribution in [-0.4, -0.2) is 30.0 Å². The van der Waals surface area contributed by atoms with Crippen LogP contribution in [0.5, 0.6) is 0 Å². The third kappa shape index (κ3) is 4.70. The van der Waals surface area contributed by atoms with Crippen LogP contribution in [0.3, 0.4) is 0 Å². The van der Waals surface area contributed by atoms with Crippen LogP contribution >= 0.6 is 0 Å². The van der Waals surface area contributed by atoms with Gasteiger partial charge < -0.3 is 20.0 Å². The second kappa shape index (κ2) is 9.30. The number of rotatable bonds is 6. The molecule has 0 aliphatic carbocycles. The summed E-state index contributed by atoms with van der Waals surface area (Å²) in [5.74, 6) is 2.37. The van der Waals surface area contributed by atoms with E-state index in [0.29, 0.717) is 28.7 Å². The van der Waals surface area contributed by atoms with Gasteiger partial charge in [-0.3, -0.25) is 4.79 Å². The smallest absolute Gasteiger partial charge is 0.259 e. The zero-order valence-electron chi connectivity index (χ0n) is 19.7. The Hall–Kier alpha value is -4.65. The maximum Gasteiger partial charge on any atom is 0.259 e. The normalized spacial score (nSPS) is 10.8. The van der Waals surface area contributed by atoms with E-state index in [2.05, 4.69) is 20.6 Å². The van der Waals surface area contributed by atoms with Crippen molar-refractivity contribution >= 4 is 40.0 Å². The summed E-state index contributed by atoms with van der Waals surface area (Å²) in [6.07, 6.45) is 0. The molecule has 7 heteroatoms. The second-order valence-corrected chi connectivity index (χ2v) is 8.39. The first-order chi connectivity index (χ1) is 17.0. The zero-order chi connectivity index (χ0) is 24.4. The molecule has 0 atom stereocenters. The standard InChI is InChI=1S/C28H25N5O2/c1-18-23(17-25(35-18)19-9-5-4-6-10-19)27(34)29-20-13-15-21(16-14-20)30-28-31-24-12-8-7-11-22(24)26(32-28)33(2)3/h4-17H,1-3H3,(H,29,34)(H,30,31,32). The Bertz CT molecular complexity index is 1490. The van der Waals surface area contributed by atoms with Crippen molar-refractivity contribution in [2.45, 2.75) is 6.92 Å². The fraction of sp³-hybridized carbons (Fsp3) is 0.107. The van der Waals surface area contributed by atoms with E-state index >= 15 is 0 Å². The molecule has 0 saturated heterocycles. The average molecular weight is 464 g/mol. The summed E-state index contributed by atoms with van der Waals surface area (Å²) in [6.45, 7) is 1.79. The molecule has 0 aliphatic rings. The lowest BCUT2D eigenvalue weighted by atomic mass is 10.1. The highest BCUT2D eigenvalue weighted by molar-refractivity contribution is 6.05. The number of hydrogen-bond acceptors (Lipinski definition) is 6. The van der Waals surface area contributed by atoms with Crippen LogP contribution in [0.15, 0.2) is 89.3 Å². The Kier molecular flexibility index (Phi) is 5.89. The van der Waals surface area contributed by atoms with Gasteiger partial charge in [0.1, 0.15) is 17.3 Å². The van der Waals surface area contributed by atoms with Crippen molar-refractivity contribution in [3.63, 3.8) is 0 Å². The van der Waals surface area contributed by atoms with Crippen LogP contribution in [0.1, 0.15) is 16.1 Å². The number of aryl methyl sites for hydroxylation is 1. The lowest BCUT2D eigenvalue weighted by Crippen LogP contribution is -2.13. The van der Waals surface area contributed by atoms with Crippen molar-refractivity contribution < 1.29 is 9.21 Å². The fourth-order valence-corrected chi connectivity index (χ4v) is 3.87. The summed E-state index contributed by atoms with van der Waals surface area (Å²) < 4.78 is 5.81. The summed E-state index contributed by atoms with van der Waals surface area (Å²) in [4.78, 5) is 24.1. The molecule has 5 aromatic rings. The molecule has 0 saturated carbocycles. The lowest BCUT2D eigenvalue weighted by Gasteiger charge is -2.16. The topological polar surface area (TPSA) is 83.3 Å². The van der Waals surface area contributed by atoms with E-state index in [0.717, 1.165) is 28.0 Å². The van der Waals surface area contributed by atoms with E-state index in [1.165, 1.54) is 0 Å². The van der Waals surface area contributed by atoms with Gasteiger partial charge in [-0.2, -0.15) is 4.98 Å². The molecule has 0 unspecified atom stereocenters. The number of furan rings is 1. The molecule has 0 fully saturated rings. The number of amides is 1. The molecule has 7 nitrogen and oxygen atoms in total. The van der Waals surface area contributed by atoms with Crippen LogP contribution in [0.4, 0.5) is 23.1 Å². The van der Waals surface area contributed by atoms with Gasteiger partial charge in [0, 0.05) is 36.4 Å². The van der Waals surface area contributed by atoms with Crippen LogP contribution in [0, 0.1) is 6.92 Å². The minimum absolute atomic E-state index is 0.220. The minimum Gasteiger partial charge on any atom is -0.461 e. The van der Waals surface area contributed by atoms with E-state index in [-0.39, 0.29) is 5.91 Å². The molecule has 0 radical (unpaired) electrons. The molecule has 2 N–H and O–H groups in total. The molecule has 174 valence electrons. The van der Waals surface area contributed by atoms with Crippen LogP contribution in [-0.2, 0) is 0 Å². The summed E-state index contributed by atoms with van der Waals surface area (Å²) in [7, 11) is 3.92. The van der Waals surface area contributed by atoms with Gasteiger partial charge in [0.15, 0.2) is 0 Å². The Balaban J connectivity index is 1.31. The van der Waals surface area contributed by atoms with Gasteiger partial charge in [-0.15, -0.1) is 0 Å². The maximum absolute atomic E-state index is 12.9. The van der Waals surface area contributed by atoms with Crippen molar-refractivity contribution in [3.05, 3.63) is 96.3 Å². The van der Waals surface area contributed by atoms with Crippen molar-refractivity contribution in [2.75, 3.05) is 29.6 Å². The molecule has 0 aliphatic heterocycles. The van der Waals surface area contributed by atoms with Crippen LogP contribution in [0.2, 0.25) is 0 Å². The predicted molar refractivity (Wildman–Crippen MR) is 140 cm³/mol. The van der Waals surface area contributed by atoms with Gasteiger partial charge in [0.25, 0.3) is 5.91 Å². The number of benzene rings is 3. The number of para-hydroxylation sites is 1. The number of nitrogens with zero attached hydrogens (tertiary/aromatic N) is 3. The van der Waals surface area contributed by atoms with Crippen LogP contribution < -0.4 is 15.5 Å². The van der Waals surface area contributed by atoms with Gasteiger partial charge in [-0.25, -0.2) is 4.98 Å². The zero-order valence-corrected chi connectivity index (χ0v) is 19.7. The monoisotopic (exact) mass is 463 g/mol. The average Bonchev–Trinajstić information content (AvgIpc) is 3.27. The molecule has 2 heterocycles. The summed E-state index contributed by atoms with van der Waals surface area (Å²) in [6, 6.07) is 26.8. The number of nitrogens with one attached hydrogen (secondary N) is 2. The number of aromatic nitrogens is 2. The Labute approximate surface area is 203 Å². The van der Waals surface area contributed by atoms with Crippen molar-refractivity contribution in [3.8, 4) is 11.3 Å². The Morgan fingerprint density at radius 2 is 1.54 bits per heavy atom. The number of carbonyl (C=O) groups is 1. The molecule has 5 rings (SSSR count). The SMILES string of the molecule is Cc1oc(-c2ccccc2)cc1C(=O)Nc1ccc(Nc2nc(N(C)C)c3ccccc3n2)cc1. The third-order valence-electron chi connectivity index (χ3n) is 5.63. The van der Waals surface area contributed by atoms with Gasteiger partial charge in [-0.1, -0.05) is 42.5 Å². The molecule has 3 aromatic carbocycles. The molecular formula is C28H25N5O2. The number of anilines is 4. The van der Waals surface area contributed by atoms with Gasteiger partial charge in [0.2, 0.25) is 5.95 Å². The molecule has 0 bridgehead atoms. The van der Waals surface area contributed by atoms with Gasteiger partial charge in [-0.05, 0) is 49.4 Å². The molecule has 0 spiro atoms. The van der Waals surface area contributed by atoms with Gasteiger partial charge in [0.05, 0.1) is 11.1 Å². The number of carbonyl (C=O) groups excluding carboxylic acids is 1. The van der Waals surface area contributed by atoms with E-state index in [9.17, 15) is 4.79 Å². The van der Waals surface area contributed by atoms with E-state index in [1.54, 1.807) is 13.0 Å². The summed E-state index contributed by atoms with van der Waals surface area (Å²) in [5, 5.41) is 7.19. The molecule has 2 aromatic heterocycles.